The van der Waals surface area contributed by atoms with Crippen molar-refractivity contribution in [1.82, 2.24) is 0 Å². The van der Waals surface area contributed by atoms with Gasteiger partial charge in [0.25, 0.3) is 0 Å². The van der Waals surface area contributed by atoms with Gasteiger partial charge in [-0.3, -0.25) is 9.59 Å². The number of hydrogen-bond acceptors (Lipinski definition) is 16. The molecule has 0 aliphatic carbocycles. The summed E-state index contributed by atoms with van der Waals surface area (Å²) in [6.45, 7) is 13.9. The Balaban J connectivity index is 1.63. The highest BCUT2D eigenvalue weighted by atomic mass is 16.6. The third-order valence-electron chi connectivity index (χ3n) is 6.36. The Morgan fingerprint density at radius 2 is 0.692 bits per heavy atom. The fourth-order valence-corrected chi connectivity index (χ4v) is 3.77. The van der Waals surface area contributed by atoms with Crippen molar-refractivity contribution in [2.24, 2.45) is 0 Å². The minimum atomic E-state index is -0.255. The highest BCUT2D eigenvalue weighted by Gasteiger charge is 2.01. The first-order valence-corrected chi connectivity index (χ1v) is 18.0. The average Bonchev–Trinajstić information content (AvgIpc) is 3.16. The molecule has 0 aliphatic rings. The molecule has 0 bridgehead atoms. The lowest BCUT2D eigenvalue weighted by molar-refractivity contribution is -0.144. The fraction of sp³-hybridized carbons (Fsp3) is 0.778. The number of carbonyl (C=O) groups excluding carboxylic acids is 2. The van der Waals surface area contributed by atoms with Crippen LogP contribution in [0.2, 0.25) is 0 Å². The summed E-state index contributed by atoms with van der Waals surface area (Å²) in [5.74, 6) is 0.445. The molecule has 1 rings (SSSR count). The molecule has 0 fully saturated rings. The van der Waals surface area contributed by atoms with Gasteiger partial charge in [-0.1, -0.05) is 0 Å². The summed E-state index contributed by atoms with van der Waals surface area (Å²) in [6.07, 6.45) is 1.05. The molecule has 0 heterocycles. The largest absolute Gasteiger partial charge is 0.491 e. The summed E-state index contributed by atoms with van der Waals surface area (Å²) < 4.78 is 75.7. The predicted octanol–water partition coefficient (Wildman–Crippen LogP) is 2.03. The molecule has 0 aromatic heterocycles. The topological polar surface area (TPSA) is 163 Å². The maximum Gasteiger partial charge on any atom is 0.308 e. The van der Waals surface area contributed by atoms with Gasteiger partial charge in [0.15, 0.2) is 0 Å². The van der Waals surface area contributed by atoms with Gasteiger partial charge in [-0.2, -0.15) is 0 Å². The van der Waals surface area contributed by atoms with Crippen LogP contribution in [0.15, 0.2) is 24.3 Å². The fourth-order valence-electron chi connectivity index (χ4n) is 3.77. The van der Waals surface area contributed by atoms with E-state index in [1.54, 1.807) is 31.2 Å². The summed E-state index contributed by atoms with van der Waals surface area (Å²) in [4.78, 5) is 21.8. The molecule has 0 saturated carbocycles. The van der Waals surface area contributed by atoms with Gasteiger partial charge in [0, 0.05) is 5.56 Å². The number of aldehydes is 1. The predicted molar refractivity (Wildman–Crippen MR) is 188 cm³/mol. The Morgan fingerprint density at radius 3 is 0.962 bits per heavy atom. The third-order valence-corrected chi connectivity index (χ3v) is 6.36. The normalized spacial score (nSPS) is 11.2. The van der Waals surface area contributed by atoms with Crippen molar-refractivity contribution < 1.29 is 75.9 Å². The molecule has 0 amide bonds. The van der Waals surface area contributed by atoms with Crippen molar-refractivity contribution in [2.45, 2.75) is 13.3 Å². The van der Waals surface area contributed by atoms with Crippen LogP contribution < -0.4 is 4.74 Å². The van der Waals surface area contributed by atoms with Gasteiger partial charge in [-0.25, -0.2) is 0 Å². The minimum Gasteiger partial charge on any atom is -0.491 e. The molecule has 16 nitrogen and oxygen atoms in total. The number of carbonyl (C=O) groups is 2. The van der Waals surface area contributed by atoms with E-state index in [2.05, 4.69) is 0 Å². The van der Waals surface area contributed by atoms with Crippen molar-refractivity contribution in [1.29, 1.82) is 0 Å². The lowest BCUT2D eigenvalue weighted by atomic mass is 10.2. The zero-order valence-electron chi connectivity index (χ0n) is 31.0. The first kappa shape index (κ1) is 47.7. The SMILES string of the molecule is CCOC(=O)CCOCCOCCOCCOCCOCCOCCOCCOCCOCCOCCOCCOCCOc1ccc(C=O)cc1. The minimum absolute atomic E-state index is 0.252. The quantitative estimate of drug-likeness (QED) is 0.0541. The highest BCUT2D eigenvalue weighted by molar-refractivity contribution is 5.74. The molecule has 0 spiro atoms. The van der Waals surface area contributed by atoms with Crippen LogP contribution in [0.3, 0.4) is 0 Å². The Hall–Kier alpha value is -2.32. The smallest absolute Gasteiger partial charge is 0.308 e. The maximum absolute atomic E-state index is 11.2. The zero-order valence-corrected chi connectivity index (χ0v) is 31.0. The number of rotatable bonds is 42. The van der Waals surface area contributed by atoms with E-state index in [9.17, 15) is 9.59 Å². The van der Waals surface area contributed by atoms with Crippen LogP contribution >= 0.6 is 0 Å². The van der Waals surface area contributed by atoms with E-state index in [1.807, 2.05) is 0 Å². The molecule has 0 aliphatic heterocycles. The maximum atomic E-state index is 11.2. The Labute approximate surface area is 308 Å². The van der Waals surface area contributed by atoms with Crippen LogP contribution in [0, 0.1) is 0 Å². The standard InChI is InChI=1S/C36H62O16/c1-2-51-36(38)7-8-39-9-10-40-11-12-41-13-14-42-15-16-43-17-18-44-19-20-45-21-22-46-23-24-47-25-26-48-27-28-49-29-30-50-31-32-52-35-5-3-34(33-37)4-6-35/h3-6,33H,2,7-32H2,1H3. The average molecular weight is 751 g/mol. The van der Waals surface area contributed by atoms with E-state index in [-0.39, 0.29) is 12.4 Å². The summed E-state index contributed by atoms with van der Waals surface area (Å²) >= 11 is 0. The molecule has 0 saturated heterocycles. The number of ether oxygens (including phenoxy) is 14. The third kappa shape index (κ3) is 34.7. The highest BCUT2D eigenvalue weighted by Crippen LogP contribution is 2.10. The van der Waals surface area contributed by atoms with Gasteiger partial charge < -0.3 is 66.3 Å². The number of hydrogen-bond donors (Lipinski definition) is 0. The molecular formula is C36H62O16. The molecule has 0 N–H and O–H groups in total. The van der Waals surface area contributed by atoms with Crippen molar-refractivity contribution >= 4 is 12.3 Å². The molecule has 0 atom stereocenters. The lowest BCUT2D eigenvalue weighted by Gasteiger charge is -2.09. The molecule has 1 aromatic rings. The molecule has 0 radical (unpaired) electrons. The van der Waals surface area contributed by atoms with Crippen molar-refractivity contribution in [3.63, 3.8) is 0 Å². The summed E-state index contributed by atoms with van der Waals surface area (Å²) in [5, 5.41) is 0. The monoisotopic (exact) mass is 750 g/mol. The van der Waals surface area contributed by atoms with Crippen LogP contribution in [-0.2, 0) is 66.4 Å². The van der Waals surface area contributed by atoms with Crippen LogP contribution in [-0.4, -0.2) is 184 Å². The molecule has 302 valence electrons. The number of benzene rings is 1. The van der Waals surface area contributed by atoms with E-state index < -0.39 is 0 Å². The summed E-state index contributed by atoms with van der Waals surface area (Å²) in [5.41, 5.74) is 0.614. The number of esters is 1. The van der Waals surface area contributed by atoms with E-state index in [0.717, 1.165) is 6.29 Å². The second kappa shape index (κ2) is 39.9. The van der Waals surface area contributed by atoms with Crippen LogP contribution in [0.4, 0.5) is 0 Å². The second-order valence-corrected chi connectivity index (χ2v) is 10.4. The van der Waals surface area contributed by atoms with Gasteiger partial charge in [0.1, 0.15) is 18.6 Å². The van der Waals surface area contributed by atoms with Gasteiger partial charge in [0.2, 0.25) is 0 Å². The lowest BCUT2D eigenvalue weighted by Crippen LogP contribution is -2.15. The van der Waals surface area contributed by atoms with Crippen LogP contribution in [0.5, 0.6) is 5.75 Å². The van der Waals surface area contributed by atoms with Crippen molar-refractivity contribution in [2.75, 3.05) is 172 Å². The Bertz CT molecular complexity index is 892. The second-order valence-electron chi connectivity index (χ2n) is 10.4. The molecule has 16 heteroatoms. The first-order chi connectivity index (χ1) is 25.8. The Kier molecular flexibility index (Phi) is 36.6. The van der Waals surface area contributed by atoms with E-state index in [4.69, 9.17) is 66.3 Å². The first-order valence-electron chi connectivity index (χ1n) is 18.0. The molecule has 1 aromatic carbocycles. The zero-order chi connectivity index (χ0) is 37.3. The molecule has 52 heavy (non-hydrogen) atoms. The van der Waals surface area contributed by atoms with Gasteiger partial charge in [-0.05, 0) is 31.2 Å². The molecular weight excluding hydrogens is 688 g/mol. The summed E-state index contributed by atoms with van der Waals surface area (Å²) in [6, 6.07) is 6.92. The summed E-state index contributed by atoms with van der Waals surface area (Å²) in [7, 11) is 0. The van der Waals surface area contributed by atoms with Crippen LogP contribution in [0.1, 0.15) is 23.7 Å². The van der Waals surface area contributed by atoms with E-state index in [0.29, 0.717) is 183 Å². The van der Waals surface area contributed by atoms with Crippen molar-refractivity contribution in [3.05, 3.63) is 29.8 Å². The van der Waals surface area contributed by atoms with Gasteiger partial charge >= 0.3 is 5.97 Å². The van der Waals surface area contributed by atoms with Gasteiger partial charge in [-0.15, -0.1) is 0 Å². The van der Waals surface area contributed by atoms with E-state index in [1.165, 1.54) is 0 Å². The molecule has 0 unspecified atom stereocenters. The van der Waals surface area contributed by atoms with Crippen LogP contribution in [0.25, 0.3) is 0 Å². The Morgan fingerprint density at radius 1 is 0.423 bits per heavy atom. The van der Waals surface area contributed by atoms with Gasteiger partial charge in [0.05, 0.1) is 172 Å². The van der Waals surface area contributed by atoms with E-state index >= 15 is 0 Å². The van der Waals surface area contributed by atoms with Crippen molar-refractivity contribution in [3.8, 4) is 5.75 Å².